The van der Waals surface area contributed by atoms with E-state index in [1.54, 1.807) is 6.20 Å². The summed E-state index contributed by atoms with van der Waals surface area (Å²) in [6.07, 6.45) is 5.58. The minimum Gasteiger partial charge on any atom is -0.387 e. The van der Waals surface area contributed by atoms with Crippen molar-refractivity contribution in [3.63, 3.8) is 0 Å². The van der Waals surface area contributed by atoms with E-state index in [0.29, 0.717) is 0 Å². The fourth-order valence-corrected chi connectivity index (χ4v) is 2.00. The van der Waals surface area contributed by atoms with Gasteiger partial charge in [0, 0.05) is 32.0 Å². The third kappa shape index (κ3) is 2.55. The van der Waals surface area contributed by atoms with Gasteiger partial charge in [-0.3, -0.25) is 9.88 Å². The van der Waals surface area contributed by atoms with E-state index in [2.05, 4.69) is 16.0 Å². The minimum absolute atomic E-state index is 0.408. The SMILES string of the molecule is CCC1(O)CN(CCc2cccnc2)C1. The third-order valence-electron chi connectivity index (χ3n) is 3.13. The molecule has 0 aliphatic carbocycles. The van der Waals surface area contributed by atoms with E-state index in [-0.39, 0.29) is 0 Å². The zero-order valence-corrected chi connectivity index (χ0v) is 9.19. The fourth-order valence-electron chi connectivity index (χ4n) is 2.00. The van der Waals surface area contributed by atoms with E-state index in [9.17, 15) is 5.11 Å². The zero-order valence-electron chi connectivity index (χ0n) is 9.19. The highest BCUT2D eigenvalue weighted by molar-refractivity contribution is 5.09. The predicted octanol–water partition coefficient (Wildman–Crippen LogP) is 1.08. The Kier molecular flexibility index (Phi) is 3.03. The molecule has 1 N–H and O–H groups in total. The molecule has 1 fully saturated rings. The van der Waals surface area contributed by atoms with E-state index in [0.717, 1.165) is 32.5 Å². The van der Waals surface area contributed by atoms with Crippen molar-refractivity contribution in [2.24, 2.45) is 0 Å². The van der Waals surface area contributed by atoms with Crippen LogP contribution in [0.25, 0.3) is 0 Å². The summed E-state index contributed by atoms with van der Waals surface area (Å²) in [5.74, 6) is 0. The molecule has 0 bridgehead atoms. The Labute approximate surface area is 90.8 Å². The smallest absolute Gasteiger partial charge is 0.0897 e. The molecular weight excluding hydrogens is 188 g/mol. The molecule has 3 heteroatoms. The van der Waals surface area contributed by atoms with Crippen molar-refractivity contribution in [2.75, 3.05) is 19.6 Å². The highest BCUT2D eigenvalue weighted by Crippen LogP contribution is 2.23. The summed E-state index contributed by atoms with van der Waals surface area (Å²) in [5, 5.41) is 9.83. The van der Waals surface area contributed by atoms with Gasteiger partial charge < -0.3 is 5.11 Å². The summed E-state index contributed by atoms with van der Waals surface area (Å²) >= 11 is 0. The van der Waals surface area contributed by atoms with Gasteiger partial charge >= 0.3 is 0 Å². The number of rotatable bonds is 4. The Morgan fingerprint density at radius 2 is 2.33 bits per heavy atom. The molecule has 0 spiro atoms. The van der Waals surface area contributed by atoms with Crippen LogP contribution in [0.4, 0.5) is 0 Å². The number of β-amino-alcohol motifs (C(OH)–C–C–N with tert-alkyl or cyclic N) is 1. The summed E-state index contributed by atoms with van der Waals surface area (Å²) in [7, 11) is 0. The van der Waals surface area contributed by atoms with Crippen LogP contribution in [0, 0.1) is 0 Å². The molecule has 0 radical (unpaired) electrons. The minimum atomic E-state index is -0.408. The van der Waals surface area contributed by atoms with Gasteiger partial charge in [0.2, 0.25) is 0 Å². The monoisotopic (exact) mass is 206 g/mol. The summed E-state index contributed by atoms with van der Waals surface area (Å²) in [6.45, 7) is 4.71. The molecule has 0 unspecified atom stereocenters. The van der Waals surface area contributed by atoms with Crippen LogP contribution in [0.5, 0.6) is 0 Å². The number of aromatic nitrogens is 1. The lowest BCUT2D eigenvalue weighted by Crippen LogP contribution is -2.61. The average molecular weight is 206 g/mol. The van der Waals surface area contributed by atoms with Crippen LogP contribution in [0.15, 0.2) is 24.5 Å². The Morgan fingerprint density at radius 1 is 1.53 bits per heavy atom. The van der Waals surface area contributed by atoms with Crippen LogP contribution >= 0.6 is 0 Å². The number of pyridine rings is 1. The summed E-state index contributed by atoms with van der Waals surface area (Å²) in [5.41, 5.74) is 0.860. The van der Waals surface area contributed by atoms with Crippen LogP contribution in [-0.4, -0.2) is 40.2 Å². The summed E-state index contributed by atoms with van der Waals surface area (Å²) in [6, 6.07) is 4.06. The van der Waals surface area contributed by atoms with Crippen molar-refractivity contribution >= 4 is 0 Å². The van der Waals surface area contributed by atoms with Gasteiger partial charge in [-0.15, -0.1) is 0 Å². The molecule has 3 nitrogen and oxygen atoms in total. The molecule has 1 aromatic rings. The van der Waals surface area contributed by atoms with Gasteiger partial charge in [-0.25, -0.2) is 0 Å². The lowest BCUT2D eigenvalue weighted by atomic mass is 9.91. The standard InChI is InChI=1S/C12H18N2O/c1-2-12(15)9-14(10-12)7-5-11-4-3-6-13-8-11/h3-4,6,8,15H,2,5,7,9-10H2,1H3. The number of nitrogens with zero attached hydrogens (tertiary/aromatic N) is 2. The van der Waals surface area contributed by atoms with Crippen molar-refractivity contribution < 1.29 is 5.11 Å². The van der Waals surface area contributed by atoms with Gasteiger partial charge in [0.25, 0.3) is 0 Å². The highest BCUT2D eigenvalue weighted by atomic mass is 16.3. The van der Waals surface area contributed by atoms with Crippen LogP contribution in [-0.2, 0) is 6.42 Å². The first-order valence-electron chi connectivity index (χ1n) is 5.55. The molecule has 2 heterocycles. The normalized spacial score (nSPS) is 19.9. The van der Waals surface area contributed by atoms with Gasteiger partial charge in [0.05, 0.1) is 5.60 Å². The first-order valence-corrected chi connectivity index (χ1v) is 5.55. The van der Waals surface area contributed by atoms with Crippen LogP contribution < -0.4 is 0 Å². The van der Waals surface area contributed by atoms with Gasteiger partial charge in [0.1, 0.15) is 0 Å². The van der Waals surface area contributed by atoms with Gasteiger partial charge in [0.15, 0.2) is 0 Å². The van der Waals surface area contributed by atoms with Crippen LogP contribution in [0.1, 0.15) is 18.9 Å². The Bertz CT molecular complexity index is 307. The quantitative estimate of drug-likeness (QED) is 0.801. The van der Waals surface area contributed by atoms with Crippen molar-refractivity contribution in [1.29, 1.82) is 0 Å². The fraction of sp³-hybridized carbons (Fsp3) is 0.583. The topological polar surface area (TPSA) is 36.4 Å². The number of hydrogen-bond acceptors (Lipinski definition) is 3. The van der Waals surface area contributed by atoms with E-state index in [1.807, 2.05) is 19.2 Å². The van der Waals surface area contributed by atoms with Gasteiger partial charge in [-0.05, 0) is 24.5 Å². The lowest BCUT2D eigenvalue weighted by Gasteiger charge is -2.46. The van der Waals surface area contributed by atoms with E-state index >= 15 is 0 Å². The molecule has 1 aliphatic rings. The molecule has 0 saturated carbocycles. The lowest BCUT2D eigenvalue weighted by molar-refractivity contribution is -0.0986. The maximum atomic E-state index is 9.83. The molecule has 2 rings (SSSR count). The average Bonchev–Trinajstić information content (AvgIpc) is 2.24. The van der Waals surface area contributed by atoms with Crippen molar-refractivity contribution in [3.05, 3.63) is 30.1 Å². The first-order chi connectivity index (χ1) is 7.22. The zero-order chi connectivity index (χ0) is 10.7. The highest BCUT2D eigenvalue weighted by Gasteiger charge is 2.38. The summed E-state index contributed by atoms with van der Waals surface area (Å²) in [4.78, 5) is 6.37. The maximum Gasteiger partial charge on any atom is 0.0897 e. The second-order valence-electron chi connectivity index (χ2n) is 4.40. The molecule has 1 aliphatic heterocycles. The molecule has 0 amide bonds. The summed E-state index contributed by atoms with van der Waals surface area (Å²) < 4.78 is 0. The number of aliphatic hydroxyl groups is 1. The van der Waals surface area contributed by atoms with Crippen molar-refractivity contribution in [3.8, 4) is 0 Å². The predicted molar refractivity (Wildman–Crippen MR) is 59.6 cm³/mol. The van der Waals surface area contributed by atoms with E-state index in [1.165, 1.54) is 5.56 Å². The van der Waals surface area contributed by atoms with Crippen molar-refractivity contribution in [1.82, 2.24) is 9.88 Å². The molecular formula is C12H18N2O. The molecule has 0 aromatic carbocycles. The largest absolute Gasteiger partial charge is 0.387 e. The molecule has 15 heavy (non-hydrogen) atoms. The van der Waals surface area contributed by atoms with Gasteiger partial charge in [-0.2, -0.15) is 0 Å². The Morgan fingerprint density at radius 3 is 2.93 bits per heavy atom. The van der Waals surface area contributed by atoms with Crippen LogP contribution in [0.3, 0.4) is 0 Å². The number of hydrogen-bond donors (Lipinski definition) is 1. The second-order valence-corrected chi connectivity index (χ2v) is 4.40. The second kappa shape index (κ2) is 4.29. The van der Waals surface area contributed by atoms with Gasteiger partial charge in [-0.1, -0.05) is 13.0 Å². The molecule has 82 valence electrons. The molecule has 1 aromatic heterocycles. The van der Waals surface area contributed by atoms with E-state index in [4.69, 9.17) is 0 Å². The van der Waals surface area contributed by atoms with Crippen molar-refractivity contribution in [2.45, 2.75) is 25.4 Å². The van der Waals surface area contributed by atoms with E-state index < -0.39 is 5.60 Å². The van der Waals surface area contributed by atoms with Crippen LogP contribution in [0.2, 0.25) is 0 Å². The Balaban J connectivity index is 1.73. The third-order valence-corrected chi connectivity index (χ3v) is 3.13. The number of likely N-dealkylation sites (tertiary alicyclic amines) is 1. The maximum absolute atomic E-state index is 9.83. The Hall–Kier alpha value is -0.930. The molecule has 0 atom stereocenters. The first kappa shape index (κ1) is 10.6. The molecule has 1 saturated heterocycles.